The van der Waals surface area contributed by atoms with Crippen LogP contribution >= 0.6 is 11.8 Å². The number of hydrogen-bond donors (Lipinski definition) is 1. The van der Waals surface area contributed by atoms with Crippen LogP contribution in [0.15, 0.2) is 0 Å². The van der Waals surface area contributed by atoms with Crippen LogP contribution in [0.5, 0.6) is 0 Å². The van der Waals surface area contributed by atoms with Crippen molar-refractivity contribution in [2.75, 3.05) is 11.5 Å². The van der Waals surface area contributed by atoms with Crippen LogP contribution in [0.2, 0.25) is 0 Å². The van der Waals surface area contributed by atoms with E-state index in [1.165, 1.54) is 17.0 Å². The predicted octanol–water partition coefficient (Wildman–Crippen LogP) is 0.792. The zero-order valence-corrected chi connectivity index (χ0v) is 7.32. The molecule has 0 amide bonds. The van der Waals surface area contributed by atoms with E-state index in [2.05, 4.69) is 5.10 Å². The molecule has 0 radical (unpaired) electrons. The fourth-order valence-corrected chi connectivity index (χ4v) is 2.34. The van der Waals surface area contributed by atoms with E-state index >= 15 is 0 Å². The van der Waals surface area contributed by atoms with E-state index in [0.29, 0.717) is 0 Å². The summed E-state index contributed by atoms with van der Waals surface area (Å²) in [7, 11) is 1.90. The first-order valence-corrected chi connectivity index (χ1v) is 4.82. The average Bonchev–Trinajstić information content (AvgIpc) is 2.30. The topological polar surface area (TPSA) is 43.8 Å². The Balaban J connectivity index is 2.50. The first-order chi connectivity index (χ1) is 5.29. The normalized spacial score (nSPS) is 16.5. The molecule has 2 N–H and O–H groups in total. The number of nitrogen functional groups attached to an aromatic ring is 1. The van der Waals surface area contributed by atoms with Crippen molar-refractivity contribution in [3.63, 3.8) is 0 Å². The van der Waals surface area contributed by atoms with Crippen molar-refractivity contribution in [3.05, 3.63) is 11.3 Å². The maximum absolute atomic E-state index is 5.81. The molecule has 3 nitrogen and oxygen atoms in total. The second-order valence-corrected chi connectivity index (χ2v) is 3.84. The Morgan fingerprint density at radius 1 is 1.64 bits per heavy atom. The van der Waals surface area contributed by atoms with Gasteiger partial charge in [-0.1, -0.05) is 0 Å². The molecule has 0 aromatic carbocycles. The van der Waals surface area contributed by atoms with E-state index in [1.807, 2.05) is 18.8 Å². The molecular formula is C7H11N3S. The first kappa shape index (κ1) is 7.03. The maximum Gasteiger partial charge on any atom is 0.125 e. The van der Waals surface area contributed by atoms with Crippen LogP contribution in [0, 0.1) is 0 Å². The zero-order chi connectivity index (χ0) is 7.84. The van der Waals surface area contributed by atoms with Crippen molar-refractivity contribution in [1.29, 1.82) is 0 Å². The molecule has 1 aliphatic rings. The number of rotatable bonds is 0. The van der Waals surface area contributed by atoms with Gasteiger partial charge in [0.15, 0.2) is 0 Å². The summed E-state index contributed by atoms with van der Waals surface area (Å²) in [4.78, 5) is 0. The molecule has 0 saturated heterocycles. The van der Waals surface area contributed by atoms with Crippen LogP contribution in [0.25, 0.3) is 0 Å². The van der Waals surface area contributed by atoms with E-state index in [4.69, 9.17) is 5.73 Å². The van der Waals surface area contributed by atoms with Crippen LogP contribution in [0.1, 0.15) is 11.3 Å². The van der Waals surface area contributed by atoms with Gasteiger partial charge >= 0.3 is 0 Å². The quantitative estimate of drug-likeness (QED) is 0.624. The molecule has 11 heavy (non-hydrogen) atoms. The van der Waals surface area contributed by atoms with Gasteiger partial charge in [0.2, 0.25) is 0 Å². The van der Waals surface area contributed by atoms with E-state index in [-0.39, 0.29) is 0 Å². The summed E-state index contributed by atoms with van der Waals surface area (Å²) < 4.78 is 1.77. The van der Waals surface area contributed by atoms with Gasteiger partial charge in [0.1, 0.15) is 5.82 Å². The molecule has 2 heterocycles. The Kier molecular flexibility index (Phi) is 1.56. The Hall–Kier alpha value is -0.640. The van der Waals surface area contributed by atoms with Crippen molar-refractivity contribution in [2.24, 2.45) is 7.05 Å². The average molecular weight is 169 g/mol. The van der Waals surface area contributed by atoms with Crippen LogP contribution in [0.4, 0.5) is 5.82 Å². The van der Waals surface area contributed by atoms with E-state index in [1.54, 1.807) is 4.68 Å². The van der Waals surface area contributed by atoms with Gasteiger partial charge in [-0.05, 0) is 5.75 Å². The molecule has 0 atom stereocenters. The minimum atomic E-state index is 0.840. The number of nitrogens with two attached hydrogens (primary N) is 1. The minimum absolute atomic E-state index is 0.840. The van der Waals surface area contributed by atoms with Crippen molar-refractivity contribution < 1.29 is 0 Å². The van der Waals surface area contributed by atoms with Crippen LogP contribution < -0.4 is 5.73 Å². The molecule has 0 unspecified atom stereocenters. The highest BCUT2D eigenvalue weighted by Crippen LogP contribution is 2.27. The molecule has 60 valence electrons. The standard InChI is InChI=1S/C7H11N3S/c1-10-7(8)5-4-11-3-2-6(5)9-10/h2-4,8H2,1H3. The van der Waals surface area contributed by atoms with E-state index < -0.39 is 0 Å². The van der Waals surface area contributed by atoms with Gasteiger partial charge in [0, 0.05) is 24.8 Å². The summed E-state index contributed by atoms with van der Waals surface area (Å²) in [5.74, 6) is 3.06. The zero-order valence-electron chi connectivity index (χ0n) is 6.50. The van der Waals surface area contributed by atoms with Gasteiger partial charge in [-0.25, -0.2) is 0 Å². The van der Waals surface area contributed by atoms with Crippen molar-refractivity contribution in [1.82, 2.24) is 9.78 Å². The third-order valence-electron chi connectivity index (χ3n) is 2.01. The number of hydrogen-bond acceptors (Lipinski definition) is 3. The lowest BCUT2D eigenvalue weighted by Crippen LogP contribution is -2.01. The summed E-state index contributed by atoms with van der Waals surface area (Å²) in [6.45, 7) is 0. The largest absolute Gasteiger partial charge is 0.384 e. The molecule has 0 aliphatic carbocycles. The second-order valence-electron chi connectivity index (χ2n) is 2.74. The number of thioether (sulfide) groups is 1. The first-order valence-electron chi connectivity index (χ1n) is 3.67. The number of anilines is 1. The van der Waals surface area contributed by atoms with E-state index in [0.717, 1.165) is 18.0 Å². The third-order valence-corrected chi connectivity index (χ3v) is 2.99. The van der Waals surface area contributed by atoms with Crippen molar-refractivity contribution in [3.8, 4) is 0 Å². The third kappa shape index (κ3) is 1.01. The maximum atomic E-state index is 5.81. The molecule has 0 bridgehead atoms. The number of aryl methyl sites for hydroxylation is 2. The van der Waals surface area contributed by atoms with Gasteiger partial charge in [0.25, 0.3) is 0 Å². The Morgan fingerprint density at radius 3 is 3.18 bits per heavy atom. The van der Waals surface area contributed by atoms with Gasteiger partial charge < -0.3 is 5.73 Å². The molecule has 1 aromatic heterocycles. The van der Waals surface area contributed by atoms with Crippen LogP contribution in [-0.4, -0.2) is 15.5 Å². The molecule has 1 aliphatic heterocycles. The predicted molar refractivity (Wildman–Crippen MR) is 47.5 cm³/mol. The lowest BCUT2D eigenvalue weighted by molar-refractivity contribution is 0.756. The fraction of sp³-hybridized carbons (Fsp3) is 0.571. The number of nitrogens with zero attached hydrogens (tertiary/aromatic N) is 2. The smallest absolute Gasteiger partial charge is 0.125 e. The Labute approximate surface area is 70.0 Å². The molecule has 2 rings (SSSR count). The molecule has 0 fully saturated rings. The van der Waals surface area contributed by atoms with Crippen LogP contribution in [-0.2, 0) is 19.2 Å². The van der Waals surface area contributed by atoms with Crippen LogP contribution in [0.3, 0.4) is 0 Å². The van der Waals surface area contributed by atoms with E-state index in [9.17, 15) is 0 Å². The van der Waals surface area contributed by atoms with Crippen molar-refractivity contribution >= 4 is 17.6 Å². The molecular weight excluding hydrogens is 158 g/mol. The summed E-state index contributed by atoms with van der Waals surface area (Å²) in [6, 6.07) is 0. The SMILES string of the molecule is Cn1nc2c(c1N)CSCC2. The lowest BCUT2D eigenvalue weighted by Gasteiger charge is -2.08. The summed E-state index contributed by atoms with van der Waals surface area (Å²) in [5, 5.41) is 4.33. The molecule has 4 heteroatoms. The number of fused-ring (bicyclic) bond motifs is 1. The van der Waals surface area contributed by atoms with Gasteiger partial charge in [0.05, 0.1) is 5.69 Å². The summed E-state index contributed by atoms with van der Waals surface area (Å²) in [6.07, 6.45) is 1.07. The van der Waals surface area contributed by atoms with Crippen molar-refractivity contribution in [2.45, 2.75) is 12.2 Å². The highest BCUT2D eigenvalue weighted by Gasteiger charge is 2.16. The minimum Gasteiger partial charge on any atom is -0.384 e. The van der Waals surface area contributed by atoms with Gasteiger partial charge in [-0.3, -0.25) is 4.68 Å². The highest BCUT2D eigenvalue weighted by atomic mass is 32.2. The van der Waals surface area contributed by atoms with Gasteiger partial charge in [-0.15, -0.1) is 0 Å². The molecule has 0 saturated carbocycles. The fourth-order valence-electron chi connectivity index (χ4n) is 1.34. The monoisotopic (exact) mass is 169 g/mol. The second kappa shape index (κ2) is 2.44. The number of aromatic nitrogens is 2. The molecule has 1 aromatic rings. The summed E-state index contributed by atoms with van der Waals surface area (Å²) >= 11 is 1.93. The highest BCUT2D eigenvalue weighted by molar-refractivity contribution is 7.98. The lowest BCUT2D eigenvalue weighted by atomic mass is 10.2. The van der Waals surface area contributed by atoms with Gasteiger partial charge in [-0.2, -0.15) is 16.9 Å². The summed E-state index contributed by atoms with van der Waals surface area (Å²) in [5.41, 5.74) is 8.26. The Morgan fingerprint density at radius 2 is 2.45 bits per heavy atom. The molecule has 0 spiro atoms. The Bertz CT molecular complexity index is 279.